The van der Waals surface area contributed by atoms with Crippen LogP contribution in [0.3, 0.4) is 0 Å². The van der Waals surface area contributed by atoms with Gasteiger partial charge in [-0.15, -0.1) is 0 Å². The summed E-state index contributed by atoms with van der Waals surface area (Å²) >= 11 is 5.25. The first-order valence-corrected chi connectivity index (χ1v) is 5.99. The van der Waals surface area contributed by atoms with Crippen molar-refractivity contribution in [3.8, 4) is 0 Å². The van der Waals surface area contributed by atoms with E-state index in [4.69, 9.17) is 12.2 Å². The Labute approximate surface area is 108 Å². The van der Waals surface area contributed by atoms with Crippen molar-refractivity contribution in [1.82, 2.24) is 19.1 Å². The number of aromatic amines is 1. The molecule has 0 aliphatic carbocycles. The molecule has 3 aromatic rings. The average Bonchev–Trinajstić information content (AvgIpc) is 2.94. The van der Waals surface area contributed by atoms with Crippen LogP contribution in [0, 0.1) is 10.6 Å². The van der Waals surface area contributed by atoms with Crippen LogP contribution in [0.1, 0.15) is 0 Å². The second kappa shape index (κ2) is 4.38. The molecule has 0 bridgehead atoms. The number of H-pyrrole nitrogens is 1. The lowest BCUT2D eigenvalue weighted by molar-refractivity contribution is 0.582. The van der Waals surface area contributed by atoms with E-state index >= 15 is 0 Å². The number of nitrogens with zero attached hydrogens (tertiary/aromatic N) is 3. The molecule has 0 atom stereocenters. The van der Waals surface area contributed by atoms with Crippen LogP contribution in [0.25, 0.3) is 11.0 Å². The molecule has 0 fully saturated rings. The molecule has 4 nitrogen and oxygen atoms in total. The Bertz CT molecular complexity index is 726. The van der Waals surface area contributed by atoms with Gasteiger partial charge in [0.1, 0.15) is 5.82 Å². The molecule has 0 amide bonds. The van der Waals surface area contributed by atoms with Gasteiger partial charge in [-0.3, -0.25) is 0 Å². The van der Waals surface area contributed by atoms with Crippen molar-refractivity contribution in [3.05, 3.63) is 47.5 Å². The normalized spacial score (nSPS) is 11.2. The van der Waals surface area contributed by atoms with Gasteiger partial charge >= 0.3 is 0 Å². The smallest absolute Gasteiger partial charge is 0.178 e. The SMILES string of the molecule is Fc1ccc2[nH]c(=S)n(CCn3ccnc3)c2c1. The largest absolute Gasteiger partial charge is 0.336 e. The summed E-state index contributed by atoms with van der Waals surface area (Å²) in [6.07, 6.45) is 5.37. The van der Waals surface area contributed by atoms with Crippen LogP contribution in [0.15, 0.2) is 36.9 Å². The predicted molar refractivity (Wildman–Crippen MR) is 69.3 cm³/mol. The number of hydrogen-bond acceptors (Lipinski definition) is 2. The highest BCUT2D eigenvalue weighted by molar-refractivity contribution is 7.71. The zero-order chi connectivity index (χ0) is 12.5. The van der Waals surface area contributed by atoms with E-state index < -0.39 is 0 Å². The maximum Gasteiger partial charge on any atom is 0.178 e. The standard InChI is InChI=1S/C12H11FN4S/c13-9-1-2-10-11(7-9)17(12(18)15-10)6-5-16-4-3-14-8-16/h1-4,7-8H,5-6H2,(H,15,18). The number of aromatic nitrogens is 4. The third kappa shape index (κ3) is 1.95. The van der Waals surface area contributed by atoms with E-state index in [9.17, 15) is 4.39 Å². The van der Waals surface area contributed by atoms with E-state index in [2.05, 4.69) is 9.97 Å². The van der Waals surface area contributed by atoms with Gasteiger partial charge in [0.25, 0.3) is 0 Å². The Kier molecular flexibility index (Phi) is 2.71. The molecule has 92 valence electrons. The van der Waals surface area contributed by atoms with Crippen LogP contribution in [0.2, 0.25) is 0 Å². The molecule has 0 aliphatic heterocycles. The summed E-state index contributed by atoms with van der Waals surface area (Å²) in [4.78, 5) is 7.05. The quantitative estimate of drug-likeness (QED) is 0.737. The third-order valence-corrected chi connectivity index (χ3v) is 3.20. The zero-order valence-electron chi connectivity index (χ0n) is 9.51. The highest BCUT2D eigenvalue weighted by Gasteiger charge is 2.05. The van der Waals surface area contributed by atoms with Gasteiger partial charge in [-0.1, -0.05) is 0 Å². The molecular formula is C12H11FN4S. The molecule has 0 saturated carbocycles. The molecule has 6 heteroatoms. The molecular weight excluding hydrogens is 251 g/mol. The van der Waals surface area contributed by atoms with Crippen molar-refractivity contribution in [3.63, 3.8) is 0 Å². The van der Waals surface area contributed by atoms with Crippen molar-refractivity contribution in [1.29, 1.82) is 0 Å². The van der Waals surface area contributed by atoms with E-state index in [1.54, 1.807) is 18.6 Å². The Morgan fingerprint density at radius 1 is 1.33 bits per heavy atom. The lowest BCUT2D eigenvalue weighted by Crippen LogP contribution is -2.05. The molecule has 0 aliphatic rings. The van der Waals surface area contributed by atoms with E-state index in [0.29, 0.717) is 11.3 Å². The summed E-state index contributed by atoms with van der Waals surface area (Å²) in [7, 11) is 0. The summed E-state index contributed by atoms with van der Waals surface area (Å²) < 4.78 is 17.7. The number of benzene rings is 1. The van der Waals surface area contributed by atoms with Crippen molar-refractivity contribution in [2.75, 3.05) is 0 Å². The minimum absolute atomic E-state index is 0.257. The van der Waals surface area contributed by atoms with Crippen LogP contribution in [0.4, 0.5) is 4.39 Å². The first kappa shape index (κ1) is 11.2. The van der Waals surface area contributed by atoms with Gasteiger partial charge in [0, 0.05) is 25.5 Å². The van der Waals surface area contributed by atoms with E-state index in [-0.39, 0.29) is 5.82 Å². The Morgan fingerprint density at radius 3 is 3.00 bits per heavy atom. The van der Waals surface area contributed by atoms with Gasteiger partial charge in [-0.2, -0.15) is 0 Å². The van der Waals surface area contributed by atoms with Crippen LogP contribution >= 0.6 is 12.2 Å². The highest BCUT2D eigenvalue weighted by atomic mass is 32.1. The summed E-state index contributed by atoms with van der Waals surface area (Å²) in [5.41, 5.74) is 1.65. The molecule has 2 aromatic heterocycles. The second-order valence-corrected chi connectivity index (χ2v) is 4.43. The number of hydrogen-bond donors (Lipinski definition) is 1. The first-order chi connectivity index (χ1) is 8.74. The Hall–Kier alpha value is -1.95. The Balaban J connectivity index is 1.98. The average molecular weight is 262 g/mol. The predicted octanol–water partition coefficient (Wildman–Crippen LogP) is 2.73. The van der Waals surface area contributed by atoms with Gasteiger partial charge in [0.05, 0.1) is 17.4 Å². The van der Waals surface area contributed by atoms with Crippen LogP contribution in [-0.2, 0) is 13.1 Å². The molecule has 3 rings (SSSR count). The van der Waals surface area contributed by atoms with Gasteiger partial charge in [0.15, 0.2) is 4.77 Å². The fraction of sp³-hybridized carbons (Fsp3) is 0.167. The van der Waals surface area contributed by atoms with Crippen molar-refractivity contribution >= 4 is 23.3 Å². The third-order valence-electron chi connectivity index (χ3n) is 2.88. The maximum absolute atomic E-state index is 13.3. The first-order valence-electron chi connectivity index (χ1n) is 5.58. The van der Waals surface area contributed by atoms with Crippen molar-refractivity contribution in [2.24, 2.45) is 0 Å². The van der Waals surface area contributed by atoms with Crippen LogP contribution in [0.5, 0.6) is 0 Å². The maximum atomic E-state index is 13.3. The van der Waals surface area contributed by atoms with Crippen LogP contribution < -0.4 is 0 Å². The van der Waals surface area contributed by atoms with Gasteiger partial charge in [-0.05, 0) is 30.4 Å². The van der Waals surface area contributed by atoms with E-state index in [1.807, 2.05) is 15.3 Å². The number of fused-ring (bicyclic) bond motifs is 1. The molecule has 18 heavy (non-hydrogen) atoms. The van der Waals surface area contributed by atoms with Gasteiger partial charge in [0.2, 0.25) is 0 Å². The van der Waals surface area contributed by atoms with Gasteiger partial charge in [-0.25, -0.2) is 9.37 Å². The molecule has 0 saturated heterocycles. The number of rotatable bonds is 3. The topological polar surface area (TPSA) is 38.5 Å². The lowest BCUT2D eigenvalue weighted by Gasteiger charge is -2.05. The fourth-order valence-electron chi connectivity index (χ4n) is 1.98. The van der Waals surface area contributed by atoms with Gasteiger partial charge < -0.3 is 14.1 Å². The van der Waals surface area contributed by atoms with Crippen LogP contribution in [-0.4, -0.2) is 19.1 Å². The zero-order valence-corrected chi connectivity index (χ0v) is 10.3. The number of nitrogens with one attached hydrogen (secondary N) is 1. The summed E-state index contributed by atoms with van der Waals surface area (Å²) in [6.45, 7) is 1.43. The minimum Gasteiger partial charge on any atom is -0.336 e. The number of imidazole rings is 2. The lowest BCUT2D eigenvalue weighted by atomic mass is 10.3. The molecule has 0 spiro atoms. The monoisotopic (exact) mass is 262 g/mol. The van der Waals surface area contributed by atoms with Crippen molar-refractivity contribution < 1.29 is 4.39 Å². The Morgan fingerprint density at radius 2 is 2.22 bits per heavy atom. The van der Waals surface area contributed by atoms with E-state index in [0.717, 1.165) is 17.6 Å². The van der Waals surface area contributed by atoms with Crippen molar-refractivity contribution in [2.45, 2.75) is 13.1 Å². The summed E-state index contributed by atoms with van der Waals surface area (Å²) in [6, 6.07) is 4.62. The molecule has 1 N–H and O–H groups in total. The second-order valence-electron chi connectivity index (χ2n) is 4.04. The summed E-state index contributed by atoms with van der Waals surface area (Å²) in [5, 5.41) is 0. The molecule has 0 unspecified atom stereocenters. The van der Waals surface area contributed by atoms with E-state index in [1.165, 1.54) is 12.1 Å². The highest BCUT2D eigenvalue weighted by Crippen LogP contribution is 2.15. The summed E-state index contributed by atoms with van der Waals surface area (Å²) in [5.74, 6) is -0.257. The number of halogens is 1. The fourth-order valence-corrected chi connectivity index (χ4v) is 2.28. The minimum atomic E-state index is -0.257. The number of aryl methyl sites for hydroxylation is 2. The molecule has 2 heterocycles. The molecule has 1 aromatic carbocycles. The molecule has 0 radical (unpaired) electrons.